The number of hydrogen-bond donors (Lipinski definition) is 1. The molecule has 0 aliphatic carbocycles. The molecule has 0 spiro atoms. The summed E-state index contributed by atoms with van der Waals surface area (Å²) >= 11 is 0. The molecule has 1 fully saturated rings. The van der Waals surface area contributed by atoms with Gasteiger partial charge in [0.1, 0.15) is 0 Å². The molecule has 0 radical (unpaired) electrons. The third kappa shape index (κ3) is 3.70. The van der Waals surface area contributed by atoms with E-state index in [4.69, 9.17) is 0 Å². The summed E-state index contributed by atoms with van der Waals surface area (Å²) in [6, 6.07) is 4.90. The average molecular weight is 233 g/mol. The van der Waals surface area contributed by atoms with Gasteiger partial charge in [-0.15, -0.1) is 0 Å². The van der Waals surface area contributed by atoms with E-state index < -0.39 is 0 Å². The van der Waals surface area contributed by atoms with Crippen LogP contribution in [0.2, 0.25) is 0 Å². The molecule has 1 aromatic heterocycles. The van der Waals surface area contributed by atoms with Gasteiger partial charge in [-0.25, -0.2) is 0 Å². The minimum atomic E-state index is 0.704. The van der Waals surface area contributed by atoms with Crippen LogP contribution in [0, 0.1) is 5.92 Å². The fraction of sp³-hybridized carbons (Fsp3) is 0.643. The number of nitrogens with zero attached hydrogens (tertiary/aromatic N) is 2. The van der Waals surface area contributed by atoms with E-state index in [0.29, 0.717) is 6.04 Å². The van der Waals surface area contributed by atoms with Gasteiger partial charge in [0.25, 0.3) is 0 Å². The van der Waals surface area contributed by atoms with Crippen molar-refractivity contribution in [1.29, 1.82) is 0 Å². The van der Waals surface area contributed by atoms with Gasteiger partial charge in [-0.1, -0.05) is 13.8 Å². The number of anilines is 1. The zero-order valence-electron chi connectivity index (χ0n) is 10.9. The fourth-order valence-corrected chi connectivity index (χ4v) is 2.30. The first kappa shape index (κ1) is 12.4. The molecule has 0 aromatic carbocycles. The Morgan fingerprint density at radius 3 is 2.53 bits per heavy atom. The van der Waals surface area contributed by atoms with Gasteiger partial charge in [-0.2, -0.15) is 0 Å². The van der Waals surface area contributed by atoms with Crippen LogP contribution in [0.25, 0.3) is 0 Å². The Balaban J connectivity index is 1.78. The van der Waals surface area contributed by atoms with Crippen LogP contribution in [0.5, 0.6) is 0 Å². The Hall–Kier alpha value is -1.09. The van der Waals surface area contributed by atoms with Crippen molar-refractivity contribution in [2.75, 3.05) is 24.5 Å². The van der Waals surface area contributed by atoms with E-state index in [1.165, 1.54) is 18.5 Å². The molecule has 94 valence electrons. The topological polar surface area (TPSA) is 28.2 Å². The number of rotatable bonds is 4. The second-order valence-electron chi connectivity index (χ2n) is 5.27. The van der Waals surface area contributed by atoms with Crippen LogP contribution < -0.4 is 10.2 Å². The molecule has 1 aliphatic rings. The van der Waals surface area contributed by atoms with Crippen LogP contribution in [0.4, 0.5) is 5.69 Å². The van der Waals surface area contributed by atoms with Gasteiger partial charge in [-0.3, -0.25) is 4.98 Å². The second kappa shape index (κ2) is 6.01. The summed E-state index contributed by atoms with van der Waals surface area (Å²) < 4.78 is 0. The molecule has 0 saturated carbocycles. The molecule has 0 amide bonds. The SMILES string of the molecule is CC(C)CNC1CCN(c2ccncc2)CC1. The van der Waals surface area contributed by atoms with Gasteiger partial charge in [-0.05, 0) is 37.4 Å². The van der Waals surface area contributed by atoms with Crippen LogP contribution in [-0.2, 0) is 0 Å². The van der Waals surface area contributed by atoms with Gasteiger partial charge in [0.2, 0.25) is 0 Å². The molecule has 0 atom stereocenters. The predicted molar refractivity (Wildman–Crippen MR) is 72.3 cm³/mol. The minimum Gasteiger partial charge on any atom is -0.371 e. The molecule has 3 nitrogen and oxygen atoms in total. The zero-order chi connectivity index (χ0) is 12.1. The maximum absolute atomic E-state index is 4.06. The van der Waals surface area contributed by atoms with E-state index in [0.717, 1.165) is 25.6 Å². The summed E-state index contributed by atoms with van der Waals surface area (Å²) in [6.45, 7) is 7.97. The molecule has 2 rings (SSSR count). The van der Waals surface area contributed by atoms with Crippen LogP contribution in [0.1, 0.15) is 26.7 Å². The third-order valence-electron chi connectivity index (χ3n) is 3.34. The highest BCUT2D eigenvalue weighted by Gasteiger charge is 2.18. The Morgan fingerprint density at radius 2 is 1.94 bits per heavy atom. The molecule has 17 heavy (non-hydrogen) atoms. The standard InChI is InChI=1S/C14H23N3/c1-12(2)11-16-13-5-9-17(10-6-13)14-3-7-15-8-4-14/h3-4,7-8,12-13,16H,5-6,9-11H2,1-2H3. The summed E-state index contributed by atoms with van der Waals surface area (Å²) in [5, 5.41) is 3.65. The molecule has 1 aliphatic heterocycles. The van der Waals surface area contributed by atoms with Gasteiger partial charge < -0.3 is 10.2 Å². The molecule has 0 bridgehead atoms. The molecular weight excluding hydrogens is 210 g/mol. The van der Waals surface area contributed by atoms with Crippen LogP contribution in [0.15, 0.2) is 24.5 Å². The van der Waals surface area contributed by atoms with Crippen molar-refractivity contribution < 1.29 is 0 Å². The number of pyridine rings is 1. The van der Waals surface area contributed by atoms with Crippen molar-refractivity contribution in [2.45, 2.75) is 32.7 Å². The quantitative estimate of drug-likeness (QED) is 0.865. The van der Waals surface area contributed by atoms with E-state index in [2.05, 4.69) is 41.2 Å². The van der Waals surface area contributed by atoms with E-state index >= 15 is 0 Å². The largest absolute Gasteiger partial charge is 0.371 e. The molecule has 1 N–H and O–H groups in total. The summed E-state index contributed by atoms with van der Waals surface area (Å²) in [5.74, 6) is 0.744. The van der Waals surface area contributed by atoms with E-state index in [-0.39, 0.29) is 0 Å². The summed E-state index contributed by atoms with van der Waals surface area (Å²) in [6.07, 6.45) is 6.24. The van der Waals surface area contributed by atoms with E-state index in [1.54, 1.807) is 0 Å². The molecule has 0 unspecified atom stereocenters. The van der Waals surface area contributed by atoms with Crippen molar-refractivity contribution in [3.05, 3.63) is 24.5 Å². The highest BCUT2D eigenvalue weighted by Crippen LogP contribution is 2.18. The van der Waals surface area contributed by atoms with E-state index in [9.17, 15) is 0 Å². The normalized spacial score (nSPS) is 17.7. The van der Waals surface area contributed by atoms with Gasteiger partial charge >= 0.3 is 0 Å². The Kier molecular flexibility index (Phi) is 4.37. The number of aromatic nitrogens is 1. The van der Waals surface area contributed by atoms with Crippen molar-refractivity contribution in [3.8, 4) is 0 Å². The first-order valence-electron chi connectivity index (χ1n) is 6.64. The lowest BCUT2D eigenvalue weighted by molar-refractivity contribution is 0.392. The monoisotopic (exact) mass is 233 g/mol. The zero-order valence-corrected chi connectivity index (χ0v) is 10.9. The Labute approximate surface area is 104 Å². The first-order valence-corrected chi connectivity index (χ1v) is 6.64. The lowest BCUT2D eigenvalue weighted by atomic mass is 10.0. The van der Waals surface area contributed by atoms with Crippen molar-refractivity contribution >= 4 is 5.69 Å². The Morgan fingerprint density at radius 1 is 1.29 bits per heavy atom. The van der Waals surface area contributed by atoms with Crippen LogP contribution in [0.3, 0.4) is 0 Å². The van der Waals surface area contributed by atoms with Gasteiger partial charge in [0.15, 0.2) is 0 Å². The van der Waals surface area contributed by atoms with Gasteiger partial charge in [0, 0.05) is 37.2 Å². The van der Waals surface area contributed by atoms with Crippen molar-refractivity contribution in [1.82, 2.24) is 10.3 Å². The van der Waals surface area contributed by atoms with Gasteiger partial charge in [0.05, 0.1) is 0 Å². The second-order valence-corrected chi connectivity index (χ2v) is 5.27. The highest BCUT2D eigenvalue weighted by molar-refractivity contribution is 5.44. The lowest BCUT2D eigenvalue weighted by Crippen LogP contribution is -2.43. The third-order valence-corrected chi connectivity index (χ3v) is 3.34. The average Bonchev–Trinajstić information content (AvgIpc) is 2.38. The molecule has 3 heteroatoms. The lowest BCUT2D eigenvalue weighted by Gasteiger charge is -2.34. The molecule has 1 aromatic rings. The summed E-state index contributed by atoms with van der Waals surface area (Å²) in [7, 11) is 0. The first-order chi connectivity index (χ1) is 8.25. The maximum Gasteiger partial charge on any atom is 0.0397 e. The van der Waals surface area contributed by atoms with Crippen molar-refractivity contribution in [2.24, 2.45) is 5.92 Å². The number of nitrogens with one attached hydrogen (secondary N) is 1. The fourth-order valence-electron chi connectivity index (χ4n) is 2.30. The highest BCUT2D eigenvalue weighted by atomic mass is 15.1. The predicted octanol–water partition coefficient (Wildman–Crippen LogP) is 2.30. The maximum atomic E-state index is 4.06. The number of piperidine rings is 1. The molecule has 1 saturated heterocycles. The molecular formula is C14H23N3. The van der Waals surface area contributed by atoms with Crippen LogP contribution in [-0.4, -0.2) is 30.7 Å². The smallest absolute Gasteiger partial charge is 0.0397 e. The van der Waals surface area contributed by atoms with E-state index in [1.807, 2.05) is 12.4 Å². The minimum absolute atomic E-state index is 0.704. The van der Waals surface area contributed by atoms with Crippen LogP contribution >= 0.6 is 0 Å². The summed E-state index contributed by atoms with van der Waals surface area (Å²) in [4.78, 5) is 6.52. The molecule has 2 heterocycles. The summed E-state index contributed by atoms with van der Waals surface area (Å²) in [5.41, 5.74) is 1.31. The number of hydrogen-bond acceptors (Lipinski definition) is 3. The Bertz CT molecular complexity index is 315. The van der Waals surface area contributed by atoms with Crippen molar-refractivity contribution in [3.63, 3.8) is 0 Å².